The van der Waals surface area contributed by atoms with Crippen molar-refractivity contribution in [2.45, 2.75) is 38.8 Å². The van der Waals surface area contributed by atoms with Crippen LogP contribution in [-0.2, 0) is 0 Å². The molecule has 2 rings (SSSR count). The number of benzene rings is 1. The first-order valence-electron chi connectivity index (χ1n) is 8.08. The molecule has 20 heavy (non-hydrogen) atoms. The van der Waals surface area contributed by atoms with Crippen LogP contribution < -0.4 is 10.6 Å². The Balaban J connectivity index is 1.98. The molecule has 0 aromatic heterocycles. The van der Waals surface area contributed by atoms with Gasteiger partial charge in [-0.25, -0.2) is 0 Å². The number of nitrogens with zero attached hydrogens (tertiary/aromatic N) is 1. The van der Waals surface area contributed by atoms with Crippen LogP contribution in [-0.4, -0.2) is 43.7 Å². The van der Waals surface area contributed by atoms with E-state index in [4.69, 9.17) is 0 Å². The SMILES string of the molecule is CCN(CC)C(CNC1CCCNC1)c1ccccc1. The average Bonchev–Trinajstić information content (AvgIpc) is 2.53. The maximum Gasteiger partial charge on any atom is 0.0472 e. The lowest BCUT2D eigenvalue weighted by molar-refractivity contribution is 0.204. The second-order valence-electron chi connectivity index (χ2n) is 5.60. The molecule has 3 heteroatoms. The van der Waals surface area contributed by atoms with Crippen LogP contribution in [0.4, 0.5) is 0 Å². The highest BCUT2D eigenvalue weighted by Crippen LogP contribution is 2.20. The number of nitrogens with one attached hydrogen (secondary N) is 2. The fourth-order valence-corrected chi connectivity index (χ4v) is 3.10. The Morgan fingerprint density at radius 2 is 2.00 bits per heavy atom. The van der Waals surface area contributed by atoms with Gasteiger partial charge >= 0.3 is 0 Å². The van der Waals surface area contributed by atoms with E-state index in [1.165, 1.54) is 24.9 Å². The van der Waals surface area contributed by atoms with Gasteiger partial charge in [-0.2, -0.15) is 0 Å². The van der Waals surface area contributed by atoms with E-state index < -0.39 is 0 Å². The zero-order valence-electron chi connectivity index (χ0n) is 12.9. The Bertz CT molecular complexity index is 356. The number of piperidine rings is 1. The molecule has 112 valence electrons. The molecule has 1 aliphatic rings. The van der Waals surface area contributed by atoms with Crippen LogP contribution in [0.1, 0.15) is 38.3 Å². The van der Waals surface area contributed by atoms with Gasteiger partial charge < -0.3 is 10.6 Å². The molecule has 1 aliphatic heterocycles. The Hall–Kier alpha value is -0.900. The van der Waals surface area contributed by atoms with Gasteiger partial charge in [0.15, 0.2) is 0 Å². The molecule has 2 N–H and O–H groups in total. The predicted octanol–water partition coefficient (Wildman–Crippen LogP) is 2.41. The Morgan fingerprint density at radius 1 is 1.25 bits per heavy atom. The summed E-state index contributed by atoms with van der Waals surface area (Å²) in [6.45, 7) is 10.0. The van der Waals surface area contributed by atoms with Crippen molar-refractivity contribution in [2.24, 2.45) is 0 Å². The van der Waals surface area contributed by atoms with Crippen molar-refractivity contribution in [2.75, 3.05) is 32.7 Å². The van der Waals surface area contributed by atoms with Crippen LogP contribution >= 0.6 is 0 Å². The van der Waals surface area contributed by atoms with Crippen molar-refractivity contribution in [1.29, 1.82) is 0 Å². The standard InChI is InChI=1S/C17H29N3/c1-3-20(4-2)17(15-9-6-5-7-10-15)14-19-16-11-8-12-18-13-16/h5-7,9-10,16-19H,3-4,8,11-14H2,1-2H3. The number of hydrogen-bond donors (Lipinski definition) is 2. The molecule has 1 fully saturated rings. The first-order valence-corrected chi connectivity index (χ1v) is 8.08. The highest BCUT2D eigenvalue weighted by atomic mass is 15.2. The molecule has 2 unspecified atom stereocenters. The summed E-state index contributed by atoms with van der Waals surface area (Å²) in [5.74, 6) is 0. The third kappa shape index (κ3) is 4.30. The van der Waals surface area contributed by atoms with E-state index in [-0.39, 0.29) is 0 Å². The molecule has 1 aromatic rings. The monoisotopic (exact) mass is 275 g/mol. The van der Waals surface area contributed by atoms with Crippen LogP contribution in [0.25, 0.3) is 0 Å². The first kappa shape index (κ1) is 15.5. The molecule has 2 atom stereocenters. The molecule has 0 bridgehead atoms. The summed E-state index contributed by atoms with van der Waals surface area (Å²) in [6.07, 6.45) is 2.59. The van der Waals surface area contributed by atoms with Crippen molar-refractivity contribution in [1.82, 2.24) is 15.5 Å². The summed E-state index contributed by atoms with van der Waals surface area (Å²) in [5, 5.41) is 7.24. The fraction of sp³-hybridized carbons (Fsp3) is 0.647. The molecule has 1 heterocycles. The van der Waals surface area contributed by atoms with Crippen LogP contribution in [0.15, 0.2) is 30.3 Å². The quantitative estimate of drug-likeness (QED) is 0.800. The van der Waals surface area contributed by atoms with Crippen molar-refractivity contribution >= 4 is 0 Å². The minimum atomic E-state index is 0.480. The van der Waals surface area contributed by atoms with E-state index in [1.807, 2.05) is 0 Å². The highest BCUT2D eigenvalue weighted by Gasteiger charge is 2.20. The molecule has 0 spiro atoms. The van der Waals surface area contributed by atoms with E-state index in [9.17, 15) is 0 Å². The lowest BCUT2D eigenvalue weighted by Gasteiger charge is -2.33. The topological polar surface area (TPSA) is 27.3 Å². The molecule has 1 saturated heterocycles. The normalized spacial score (nSPS) is 21.1. The van der Waals surface area contributed by atoms with Gasteiger partial charge in [0, 0.05) is 25.2 Å². The highest BCUT2D eigenvalue weighted by molar-refractivity contribution is 5.19. The average molecular weight is 275 g/mol. The lowest BCUT2D eigenvalue weighted by atomic mass is 10.0. The lowest BCUT2D eigenvalue weighted by Crippen LogP contribution is -2.46. The third-order valence-corrected chi connectivity index (χ3v) is 4.33. The zero-order valence-corrected chi connectivity index (χ0v) is 12.9. The van der Waals surface area contributed by atoms with Gasteiger partial charge in [0.1, 0.15) is 0 Å². The Labute approximate surface area is 123 Å². The molecule has 0 aliphatic carbocycles. The largest absolute Gasteiger partial charge is 0.315 e. The maximum atomic E-state index is 3.77. The van der Waals surface area contributed by atoms with Crippen molar-refractivity contribution in [3.63, 3.8) is 0 Å². The van der Waals surface area contributed by atoms with E-state index in [2.05, 4.69) is 59.7 Å². The Kier molecular flexibility index (Phi) is 6.51. The summed E-state index contributed by atoms with van der Waals surface area (Å²) < 4.78 is 0. The van der Waals surface area contributed by atoms with E-state index in [1.54, 1.807) is 0 Å². The van der Waals surface area contributed by atoms with Gasteiger partial charge in [-0.1, -0.05) is 44.2 Å². The van der Waals surface area contributed by atoms with Crippen LogP contribution in [0.5, 0.6) is 0 Å². The number of hydrogen-bond acceptors (Lipinski definition) is 3. The van der Waals surface area contributed by atoms with Crippen molar-refractivity contribution in [3.05, 3.63) is 35.9 Å². The maximum absolute atomic E-state index is 3.77. The van der Waals surface area contributed by atoms with E-state index >= 15 is 0 Å². The van der Waals surface area contributed by atoms with Crippen molar-refractivity contribution < 1.29 is 0 Å². The smallest absolute Gasteiger partial charge is 0.0472 e. The van der Waals surface area contributed by atoms with Gasteiger partial charge in [-0.05, 0) is 38.0 Å². The van der Waals surface area contributed by atoms with Gasteiger partial charge in [0.2, 0.25) is 0 Å². The summed E-state index contributed by atoms with van der Waals surface area (Å²) in [6, 6.07) is 12.0. The predicted molar refractivity (Wildman–Crippen MR) is 86.0 cm³/mol. The van der Waals surface area contributed by atoms with Gasteiger partial charge in [0.05, 0.1) is 0 Å². The van der Waals surface area contributed by atoms with Crippen LogP contribution in [0, 0.1) is 0 Å². The first-order chi connectivity index (χ1) is 9.85. The molecule has 0 radical (unpaired) electrons. The molecule has 0 saturated carbocycles. The molecule has 3 nitrogen and oxygen atoms in total. The second kappa shape index (κ2) is 8.40. The van der Waals surface area contributed by atoms with Gasteiger partial charge in [-0.15, -0.1) is 0 Å². The third-order valence-electron chi connectivity index (χ3n) is 4.33. The summed E-state index contributed by atoms with van der Waals surface area (Å²) in [4.78, 5) is 2.54. The molecule has 0 amide bonds. The van der Waals surface area contributed by atoms with Crippen LogP contribution in [0.2, 0.25) is 0 Å². The van der Waals surface area contributed by atoms with E-state index in [0.29, 0.717) is 12.1 Å². The Morgan fingerprint density at radius 3 is 2.60 bits per heavy atom. The molecular formula is C17H29N3. The molecular weight excluding hydrogens is 246 g/mol. The summed E-state index contributed by atoms with van der Waals surface area (Å²) in [7, 11) is 0. The van der Waals surface area contributed by atoms with Gasteiger partial charge in [-0.3, -0.25) is 4.90 Å². The fourth-order valence-electron chi connectivity index (χ4n) is 3.10. The number of likely N-dealkylation sites (N-methyl/N-ethyl adjacent to an activating group) is 1. The number of rotatable bonds is 7. The zero-order chi connectivity index (χ0) is 14.2. The minimum Gasteiger partial charge on any atom is -0.315 e. The van der Waals surface area contributed by atoms with Crippen LogP contribution in [0.3, 0.4) is 0 Å². The van der Waals surface area contributed by atoms with E-state index in [0.717, 1.165) is 26.2 Å². The second-order valence-corrected chi connectivity index (χ2v) is 5.60. The summed E-state index contributed by atoms with van der Waals surface area (Å²) in [5.41, 5.74) is 1.42. The van der Waals surface area contributed by atoms with Gasteiger partial charge in [0.25, 0.3) is 0 Å². The minimum absolute atomic E-state index is 0.480. The van der Waals surface area contributed by atoms with Crippen molar-refractivity contribution in [3.8, 4) is 0 Å². The molecule has 1 aromatic carbocycles. The summed E-state index contributed by atoms with van der Waals surface area (Å²) >= 11 is 0.